The summed E-state index contributed by atoms with van der Waals surface area (Å²) in [6, 6.07) is 8.42. The van der Waals surface area contributed by atoms with Gasteiger partial charge in [0.05, 0.1) is 5.69 Å². The van der Waals surface area contributed by atoms with E-state index in [1.807, 2.05) is 18.2 Å². The molecule has 0 atom stereocenters. The molecule has 0 bridgehead atoms. The molecule has 0 fully saturated rings. The highest BCUT2D eigenvalue weighted by Gasteiger charge is 2.14. The molecular weight excluding hydrogens is 300 g/mol. The minimum absolute atomic E-state index is 0.480. The molecule has 4 heteroatoms. The Bertz CT molecular complexity index is 590. The van der Waals surface area contributed by atoms with E-state index in [0.717, 1.165) is 28.6 Å². The van der Waals surface area contributed by atoms with Crippen LogP contribution in [0.3, 0.4) is 0 Å². The van der Waals surface area contributed by atoms with Crippen LogP contribution in [0.2, 0.25) is 5.02 Å². The number of hydrogen-bond donors (Lipinski definition) is 1. The zero-order chi connectivity index (χ0) is 15.4. The van der Waals surface area contributed by atoms with Gasteiger partial charge in [-0.1, -0.05) is 51.4 Å². The first-order valence-corrected chi connectivity index (χ1v) is 8.63. The van der Waals surface area contributed by atoms with E-state index in [9.17, 15) is 0 Å². The number of nitrogens with zero attached hydrogens (tertiary/aromatic N) is 1. The van der Waals surface area contributed by atoms with Crippen LogP contribution in [0.25, 0.3) is 10.6 Å². The van der Waals surface area contributed by atoms with Crippen LogP contribution in [0.5, 0.6) is 0 Å². The Balaban J connectivity index is 2.30. The quantitative estimate of drug-likeness (QED) is 0.794. The maximum Gasteiger partial charge on any atom is 0.123 e. The SMILES string of the molecule is CC(C)Cc1nc(-c2cccc(Cl)c2)sc1CNC(C)C. The third kappa shape index (κ3) is 4.80. The highest BCUT2D eigenvalue weighted by Crippen LogP contribution is 2.30. The maximum absolute atomic E-state index is 6.09. The zero-order valence-corrected chi connectivity index (χ0v) is 14.7. The molecule has 0 saturated carbocycles. The summed E-state index contributed by atoms with van der Waals surface area (Å²) in [5.41, 5.74) is 2.33. The van der Waals surface area contributed by atoms with Crippen LogP contribution in [0.4, 0.5) is 0 Å². The van der Waals surface area contributed by atoms with Crippen LogP contribution in [0.1, 0.15) is 38.3 Å². The lowest BCUT2D eigenvalue weighted by Gasteiger charge is -2.08. The fourth-order valence-electron chi connectivity index (χ4n) is 2.11. The van der Waals surface area contributed by atoms with Crippen molar-refractivity contribution < 1.29 is 0 Å². The van der Waals surface area contributed by atoms with E-state index in [2.05, 4.69) is 39.1 Å². The summed E-state index contributed by atoms with van der Waals surface area (Å²) in [6.45, 7) is 9.69. The van der Waals surface area contributed by atoms with Gasteiger partial charge in [0.25, 0.3) is 0 Å². The smallest absolute Gasteiger partial charge is 0.123 e. The standard InChI is InChI=1S/C17H23ClN2S/c1-11(2)8-15-16(10-19-12(3)4)21-17(20-15)13-6-5-7-14(18)9-13/h5-7,9,11-12,19H,8,10H2,1-4H3. The van der Waals surface area contributed by atoms with Crippen LogP contribution in [-0.4, -0.2) is 11.0 Å². The number of aromatic nitrogens is 1. The van der Waals surface area contributed by atoms with Gasteiger partial charge in [-0.2, -0.15) is 0 Å². The van der Waals surface area contributed by atoms with Gasteiger partial charge in [0.15, 0.2) is 0 Å². The highest BCUT2D eigenvalue weighted by atomic mass is 35.5. The molecule has 0 aliphatic heterocycles. The highest BCUT2D eigenvalue weighted by molar-refractivity contribution is 7.15. The second-order valence-corrected chi connectivity index (χ2v) is 7.55. The van der Waals surface area contributed by atoms with Crippen LogP contribution >= 0.6 is 22.9 Å². The average Bonchev–Trinajstić information content (AvgIpc) is 2.78. The Morgan fingerprint density at radius 2 is 2.00 bits per heavy atom. The number of benzene rings is 1. The van der Waals surface area contributed by atoms with Crippen molar-refractivity contribution >= 4 is 22.9 Å². The molecule has 114 valence electrons. The molecule has 0 aliphatic carbocycles. The third-order valence-electron chi connectivity index (χ3n) is 3.12. The monoisotopic (exact) mass is 322 g/mol. The zero-order valence-electron chi connectivity index (χ0n) is 13.1. The Morgan fingerprint density at radius 1 is 1.24 bits per heavy atom. The van der Waals surface area contributed by atoms with E-state index < -0.39 is 0 Å². The van der Waals surface area contributed by atoms with E-state index >= 15 is 0 Å². The van der Waals surface area contributed by atoms with Gasteiger partial charge in [-0.15, -0.1) is 11.3 Å². The molecular formula is C17H23ClN2S. The summed E-state index contributed by atoms with van der Waals surface area (Å²) in [6.07, 6.45) is 1.02. The van der Waals surface area contributed by atoms with Crippen molar-refractivity contribution in [3.8, 4) is 10.6 Å². The number of halogens is 1. The summed E-state index contributed by atoms with van der Waals surface area (Å²) in [5, 5.41) is 5.32. The van der Waals surface area contributed by atoms with E-state index in [1.165, 1.54) is 10.6 Å². The maximum atomic E-state index is 6.09. The molecule has 0 radical (unpaired) electrons. The topological polar surface area (TPSA) is 24.9 Å². The molecule has 2 rings (SSSR count). The molecule has 0 saturated heterocycles. The van der Waals surface area contributed by atoms with Gasteiger partial charge >= 0.3 is 0 Å². The fraction of sp³-hybridized carbons (Fsp3) is 0.471. The van der Waals surface area contributed by atoms with Crippen molar-refractivity contribution in [1.82, 2.24) is 10.3 Å². The predicted octanol–water partition coefficient (Wildman–Crippen LogP) is 5.16. The van der Waals surface area contributed by atoms with Gasteiger partial charge < -0.3 is 5.32 Å². The normalized spacial score (nSPS) is 11.6. The van der Waals surface area contributed by atoms with E-state index in [-0.39, 0.29) is 0 Å². The summed E-state index contributed by atoms with van der Waals surface area (Å²) in [7, 11) is 0. The molecule has 0 aliphatic rings. The van der Waals surface area contributed by atoms with E-state index in [0.29, 0.717) is 12.0 Å². The minimum atomic E-state index is 0.480. The molecule has 1 aromatic heterocycles. The molecule has 1 aromatic carbocycles. The lowest BCUT2D eigenvalue weighted by Crippen LogP contribution is -2.22. The van der Waals surface area contributed by atoms with Crippen LogP contribution in [-0.2, 0) is 13.0 Å². The van der Waals surface area contributed by atoms with Crippen molar-refractivity contribution in [2.45, 2.75) is 46.7 Å². The molecule has 2 aromatic rings. The van der Waals surface area contributed by atoms with Crippen LogP contribution in [0, 0.1) is 5.92 Å². The number of rotatable bonds is 6. The van der Waals surface area contributed by atoms with E-state index in [1.54, 1.807) is 11.3 Å². The van der Waals surface area contributed by atoms with Crippen molar-refractivity contribution in [3.63, 3.8) is 0 Å². The van der Waals surface area contributed by atoms with Crippen molar-refractivity contribution in [2.75, 3.05) is 0 Å². The first kappa shape index (κ1) is 16.5. The van der Waals surface area contributed by atoms with Gasteiger partial charge in [-0.3, -0.25) is 0 Å². The first-order valence-electron chi connectivity index (χ1n) is 7.43. The molecule has 0 spiro atoms. The molecule has 0 amide bonds. The molecule has 0 unspecified atom stereocenters. The second kappa shape index (κ2) is 7.39. The average molecular weight is 323 g/mol. The lowest BCUT2D eigenvalue weighted by atomic mass is 10.1. The van der Waals surface area contributed by atoms with Crippen molar-refractivity contribution in [1.29, 1.82) is 0 Å². The van der Waals surface area contributed by atoms with Gasteiger partial charge in [0.1, 0.15) is 5.01 Å². The number of nitrogens with one attached hydrogen (secondary N) is 1. The number of hydrogen-bond acceptors (Lipinski definition) is 3. The fourth-order valence-corrected chi connectivity index (χ4v) is 3.34. The van der Waals surface area contributed by atoms with Gasteiger partial charge in [0.2, 0.25) is 0 Å². The third-order valence-corrected chi connectivity index (χ3v) is 4.50. The van der Waals surface area contributed by atoms with Crippen LogP contribution in [0.15, 0.2) is 24.3 Å². The summed E-state index contributed by atoms with van der Waals surface area (Å²) < 4.78 is 0. The van der Waals surface area contributed by atoms with Crippen molar-refractivity contribution in [2.24, 2.45) is 5.92 Å². The summed E-state index contributed by atoms with van der Waals surface area (Å²) in [4.78, 5) is 6.20. The minimum Gasteiger partial charge on any atom is -0.310 e. The number of thiazole rings is 1. The largest absolute Gasteiger partial charge is 0.310 e. The second-order valence-electron chi connectivity index (χ2n) is 6.03. The van der Waals surface area contributed by atoms with Crippen molar-refractivity contribution in [3.05, 3.63) is 39.9 Å². The predicted molar refractivity (Wildman–Crippen MR) is 93.1 cm³/mol. The Morgan fingerprint density at radius 3 is 2.62 bits per heavy atom. The Kier molecular flexibility index (Phi) is 5.80. The molecule has 1 N–H and O–H groups in total. The molecule has 2 nitrogen and oxygen atoms in total. The Labute approximate surface area is 136 Å². The van der Waals surface area contributed by atoms with Gasteiger partial charge in [-0.05, 0) is 24.5 Å². The molecule has 1 heterocycles. The van der Waals surface area contributed by atoms with Crippen LogP contribution < -0.4 is 5.32 Å². The Hall–Kier alpha value is -0.900. The summed E-state index contributed by atoms with van der Waals surface area (Å²) in [5.74, 6) is 0.608. The van der Waals surface area contributed by atoms with E-state index in [4.69, 9.17) is 16.6 Å². The summed E-state index contributed by atoms with van der Waals surface area (Å²) >= 11 is 7.87. The first-order chi connectivity index (χ1) is 9.95. The van der Waals surface area contributed by atoms with Gasteiger partial charge in [-0.25, -0.2) is 4.98 Å². The van der Waals surface area contributed by atoms with Gasteiger partial charge in [0, 0.05) is 28.0 Å². The lowest BCUT2D eigenvalue weighted by molar-refractivity contribution is 0.581. The molecule has 21 heavy (non-hydrogen) atoms.